The second-order valence-electron chi connectivity index (χ2n) is 2.12. The summed E-state index contributed by atoms with van der Waals surface area (Å²) < 4.78 is 0. The molecule has 1 N–H and O–H groups in total. The number of phenolic OH excluding ortho intramolecular Hbond substituents is 1. The zero-order valence-corrected chi connectivity index (χ0v) is 6.67. The Labute approximate surface area is 73.8 Å². The largest absolute Gasteiger partial charge is 0.507 e. The van der Waals surface area contributed by atoms with Gasteiger partial charge in [-0.3, -0.25) is 4.79 Å². The third-order valence-corrected chi connectivity index (χ3v) is 1.56. The Bertz CT molecular complexity index is 368. The molecule has 60 valence electrons. The molecule has 1 rings (SSSR count). The van der Waals surface area contributed by atoms with Crippen molar-refractivity contribution in [3.8, 4) is 11.8 Å². The Morgan fingerprint density at radius 2 is 2.25 bits per heavy atom. The number of carbonyl (C=O) groups is 1. The van der Waals surface area contributed by atoms with Crippen LogP contribution in [0.3, 0.4) is 0 Å². The molecule has 12 heavy (non-hydrogen) atoms. The lowest BCUT2D eigenvalue weighted by atomic mass is 10.1. The number of hydrogen-bond acceptors (Lipinski definition) is 3. The van der Waals surface area contributed by atoms with Gasteiger partial charge in [0.1, 0.15) is 11.8 Å². The number of halogens is 1. The van der Waals surface area contributed by atoms with Gasteiger partial charge >= 0.3 is 0 Å². The highest BCUT2D eigenvalue weighted by Gasteiger charge is 2.05. The number of hydrogen-bond donors (Lipinski definition) is 1. The maximum atomic E-state index is 10.6. The number of aromatic hydroxyl groups is 1. The van der Waals surface area contributed by atoms with Crippen LogP contribution in [0.5, 0.6) is 5.75 Å². The summed E-state index contributed by atoms with van der Waals surface area (Å²) in [5.74, 6) is -0.154. The van der Waals surface area contributed by atoms with Gasteiger partial charge in [-0.25, -0.2) is 0 Å². The van der Waals surface area contributed by atoms with Crippen LogP contribution in [-0.4, -0.2) is 10.3 Å². The second-order valence-corrected chi connectivity index (χ2v) is 2.46. The Morgan fingerprint density at radius 1 is 1.58 bits per heavy atom. The molecule has 0 radical (unpaired) electrons. The van der Waals surface area contributed by atoms with Gasteiger partial charge in [0.15, 0.2) is 0 Å². The van der Waals surface area contributed by atoms with E-state index in [0.29, 0.717) is 0 Å². The van der Waals surface area contributed by atoms with E-state index >= 15 is 0 Å². The van der Waals surface area contributed by atoms with Crippen LogP contribution in [0.25, 0.3) is 0 Å². The van der Waals surface area contributed by atoms with Gasteiger partial charge in [0.05, 0.1) is 5.56 Å². The Morgan fingerprint density at radius 3 is 2.75 bits per heavy atom. The van der Waals surface area contributed by atoms with Gasteiger partial charge < -0.3 is 5.11 Å². The minimum Gasteiger partial charge on any atom is -0.507 e. The van der Waals surface area contributed by atoms with E-state index in [2.05, 4.69) is 0 Å². The second kappa shape index (κ2) is 3.24. The van der Waals surface area contributed by atoms with Crippen LogP contribution in [-0.2, 0) is 0 Å². The fourth-order valence-corrected chi connectivity index (χ4v) is 0.865. The summed E-state index contributed by atoms with van der Waals surface area (Å²) in [5, 5.41) is 16.9. The van der Waals surface area contributed by atoms with Crippen LogP contribution >= 0.6 is 11.6 Å². The van der Waals surface area contributed by atoms with E-state index in [-0.39, 0.29) is 16.9 Å². The molecule has 0 amide bonds. The average molecular weight is 182 g/mol. The highest BCUT2D eigenvalue weighted by atomic mass is 35.5. The van der Waals surface area contributed by atoms with E-state index in [4.69, 9.17) is 22.0 Å². The molecule has 0 aromatic heterocycles. The molecule has 0 heterocycles. The first-order valence-corrected chi connectivity index (χ1v) is 3.46. The molecule has 4 heteroatoms. The van der Waals surface area contributed by atoms with Crippen molar-refractivity contribution in [2.24, 2.45) is 0 Å². The normalized spacial score (nSPS) is 9.00. The van der Waals surface area contributed by atoms with E-state index in [0.717, 1.165) is 0 Å². The van der Waals surface area contributed by atoms with Crippen LogP contribution < -0.4 is 0 Å². The summed E-state index contributed by atoms with van der Waals surface area (Å²) in [5.41, 5.74) is 0.243. The summed E-state index contributed by atoms with van der Waals surface area (Å²) in [6.45, 7) is 0. The van der Waals surface area contributed by atoms with Crippen LogP contribution in [0, 0.1) is 11.3 Å². The quantitative estimate of drug-likeness (QED) is 0.670. The van der Waals surface area contributed by atoms with E-state index in [1.54, 1.807) is 6.07 Å². The van der Waals surface area contributed by atoms with Crippen molar-refractivity contribution in [3.05, 3.63) is 29.3 Å². The predicted octanol–water partition coefficient (Wildman–Crippen LogP) is 1.64. The Kier molecular flexibility index (Phi) is 2.32. The SMILES string of the molecule is N#Cc1cc(C(=O)Cl)ccc1O. The van der Waals surface area contributed by atoms with Gasteiger partial charge in [-0.05, 0) is 29.8 Å². The highest BCUT2D eigenvalue weighted by Crippen LogP contribution is 2.18. The minimum absolute atomic E-state index is 0.0431. The van der Waals surface area contributed by atoms with Crippen molar-refractivity contribution in [3.63, 3.8) is 0 Å². The summed E-state index contributed by atoms with van der Waals surface area (Å²) in [4.78, 5) is 10.6. The van der Waals surface area contributed by atoms with Gasteiger partial charge in [-0.15, -0.1) is 0 Å². The fourth-order valence-electron chi connectivity index (χ4n) is 0.748. The number of benzene rings is 1. The van der Waals surface area contributed by atoms with Crippen LogP contribution in [0.4, 0.5) is 0 Å². The lowest BCUT2D eigenvalue weighted by Crippen LogP contribution is -1.89. The Balaban J connectivity index is 3.25. The lowest BCUT2D eigenvalue weighted by molar-refractivity contribution is 0.108. The van der Waals surface area contributed by atoms with Gasteiger partial charge in [0.2, 0.25) is 0 Å². The zero-order chi connectivity index (χ0) is 9.14. The summed E-state index contributed by atoms with van der Waals surface area (Å²) in [6, 6.07) is 5.58. The zero-order valence-electron chi connectivity index (χ0n) is 5.91. The first-order valence-electron chi connectivity index (χ1n) is 3.08. The third-order valence-electron chi connectivity index (χ3n) is 1.34. The first-order chi connectivity index (χ1) is 5.65. The average Bonchev–Trinajstić information content (AvgIpc) is 2.05. The molecule has 0 atom stereocenters. The molecule has 0 aliphatic carbocycles. The topological polar surface area (TPSA) is 61.1 Å². The number of nitriles is 1. The maximum absolute atomic E-state index is 10.6. The predicted molar refractivity (Wildman–Crippen MR) is 43.0 cm³/mol. The van der Waals surface area contributed by atoms with Crippen molar-refractivity contribution in [1.29, 1.82) is 5.26 Å². The Hall–Kier alpha value is -1.53. The molecule has 0 saturated heterocycles. The molecule has 1 aromatic carbocycles. The van der Waals surface area contributed by atoms with Crippen molar-refractivity contribution >= 4 is 16.8 Å². The minimum atomic E-state index is -0.647. The molecule has 0 aliphatic rings. The van der Waals surface area contributed by atoms with Gasteiger partial charge in [0, 0.05) is 5.56 Å². The first kappa shape index (κ1) is 8.57. The molecule has 0 aliphatic heterocycles. The van der Waals surface area contributed by atoms with Crippen LogP contribution in [0.2, 0.25) is 0 Å². The highest BCUT2D eigenvalue weighted by molar-refractivity contribution is 6.67. The van der Waals surface area contributed by atoms with E-state index < -0.39 is 5.24 Å². The summed E-state index contributed by atoms with van der Waals surface area (Å²) in [7, 11) is 0. The summed E-state index contributed by atoms with van der Waals surface area (Å²) in [6.07, 6.45) is 0. The molecule has 0 fully saturated rings. The van der Waals surface area contributed by atoms with Crippen molar-refractivity contribution in [2.75, 3.05) is 0 Å². The molecule has 0 unspecified atom stereocenters. The molecule has 0 spiro atoms. The summed E-state index contributed by atoms with van der Waals surface area (Å²) >= 11 is 5.15. The van der Waals surface area contributed by atoms with Crippen LogP contribution in [0.15, 0.2) is 18.2 Å². The van der Waals surface area contributed by atoms with Crippen molar-refractivity contribution in [1.82, 2.24) is 0 Å². The van der Waals surface area contributed by atoms with Crippen molar-refractivity contribution < 1.29 is 9.90 Å². The molecule has 0 bridgehead atoms. The molecule has 1 aromatic rings. The van der Waals surface area contributed by atoms with Crippen molar-refractivity contribution in [2.45, 2.75) is 0 Å². The molecule has 0 saturated carbocycles. The maximum Gasteiger partial charge on any atom is 0.252 e. The van der Waals surface area contributed by atoms with E-state index in [9.17, 15) is 4.79 Å². The molecule has 3 nitrogen and oxygen atoms in total. The lowest BCUT2D eigenvalue weighted by Gasteiger charge is -1.96. The smallest absolute Gasteiger partial charge is 0.252 e. The standard InChI is InChI=1S/C8H4ClNO2/c9-8(12)5-1-2-7(11)6(3-5)4-10/h1-3,11H. The number of phenols is 1. The van der Waals surface area contributed by atoms with Crippen LogP contribution in [0.1, 0.15) is 15.9 Å². The molecular weight excluding hydrogens is 178 g/mol. The van der Waals surface area contributed by atoms with Gasteiger partial charge in [-0.1, -0.05) is 0 Å². The van der Waals surface area contributed by atoms with E-state index in [1.807, 2.05) is 0 Å². The number of carbonyl (C=O) groups excluding carboxylic acids is 1. The fraction of sp³-hybridized carbons (Fsp3) is 0. The van der Waals surface area contributed by atoms with Gasteiger partial charge in [-0.2, -0.15) is 5.26 Å². The number of nitrogens with zero attached hydrogens (tertiary/aromatic N) is 1. The monoisotopic (exact) mass is 181 g/mol. The molecular formula is C8H4ClNO2. The third kappa shape index (κ3) is 1.55. The van der Waals surface area contributed by atoms with E-state index in [1.165, 1.54) is 18.2 Å². The number of rotatable bonds is 1. The van der Waals surface area contributed by atoms with Gasteiger partial charge in [0.25, 0.3) is 5.24 Å².